The molecule has 2 unspecified atom stereocenters. The molecule has 0 fully saturated rings. The monoisotopic (exact) mass is 458 g/mol. The third-order valence-electron chi connectivity index (χ3n) is 4.90. The molecule has 0 amide bonds. The number of hydrogen-bond acceptors (Lipinski definition) is 2. The van der Waals surface area contributed by atoms with Gasteiger partial charge in [0.1, 0.15) is 11.5 Å². The van der Waals surface area contributed by atoms with Crippen LogP contribution in [0, 0.1) is 0 Å². The molecule has 2 atom stereocenters. The predicted molar refractivity (Wildman–Crippen MR) is 110 cm³/mol. The number of phenolic OH excluding ortho intramolecular Hbond substituents is 1. The van der Waals surface area contributed by atoms with Gasteiger partial charge in [0.15, 0.2) is 0 Å². The molecule has 1 aliphatic carbocycles. The van der Waals surface area contributed by atoms with Gasteiger partial charge in [-0.1, -0.05) is 71.4 Å². The zero-order valence-electron chi connectivity index (χ0n) is 13.5. The molecule has 3 aromatic rings. The average Bonchev–Trinajstić information content (AvgIpc) is 2.63. The highest BCUT2D eigenvalue weighted by atomic mass is 79.9. The number of halogens is 2. The van der Waals surface area contributed by atoms with E-state index in [4.69, 9.17) is 0 Å². The molecule has 0 heterocycles. The van der Waals surface area contributed by atoms with E-state index in [2.05, 4.69) is 44.8 Å². The second-order valence-electron chi connectivity index (χ2n) is 6.34. The molecule has 2 N–H and O–H groups in total. The van der Waals surface area contributed by atoms with Crippen molar-refractivity contribution in [1.29, 1.82) is 0 Å². The van der Waals surface area contributed by atoms with E-state index in [9.17, 15) is 10.2 Å². The van der Waals surface area contributed by atoms with E-state index in [1.54, 1.807) is 0 Å². The second-order valence-corrected chi connectivity index (χ2v) is 8.18. The molecule has 3 aromatic carbocycles. The quantitative estimate of drug-likeness (QED) is 0.407. The third-order valence-corrected chi connectivity index (χ3v) is 6.73. The lowest BCUT2D eigenvalue weighted by Crippen LogP contribution is -2.20. The van der Waals surface area contributed by atoms with E-state index < -0.39 is 0 Å². The van der Waals surface area contributed by atoms with Crippen LogP contribution in [0.2, 0.25) is 0 Å². The Labute approximate surface area is 163 Å². The van der Waals surface area contributed by atoms with Gasteiger partial charge in [-0.05, 0) is 43.9 Å². The third kappa shape index (κ3) is 2.51. The predicted octanol–water partition coefficient (Wildman–Crippen LogP) is 6.51. The van der Waals surface area contributed by atoms with Crippen LogP contribution >= 0.6 is 31.9 Å². The Kier molecular flexibility index (Phi) is 4.13. The van der Waals surface area contributed by atoms with Gasteiger partial charge in [-0.25, -0.2) is 0 Å². The van der Waals surface area contributed by atoms with Crippen molar-refractivity contribution in [2.45, 2.75) is 17.7 Å². The van der Waals surface area contributed by atoms with Crippen LogP contribution in [0.15, 0.2) is 64.8 Å². The number of allylic oxidation sites excluding steroid dienone is 1. The Hall–Kier alpha value is -1.78. The summed E-state index contributed by atoms with van der Waals surface area (Å²) < 4.78 is 0.615. The minimum atomic E-state index is -0.199. The smallest absolute Gasteiger partial charge is 0.138 e. The summed E-state index contributed by atoms with van der Waals surface area (Å²) in [5, 5.41) is 23.7. The molecule has 0 saturated heterocycles. The van der Waals surface area contributed by atoms with Crippen LogP contribution in [0.1, 0.15) is 29.5 Å². The second kappa shape index (κ2) is 6.19. The van der Waals surface area contributed by atoms with Crippen molar-refractivity contribution in [3.8, 4) is 5.75 Å². The van der Waals surface area contributed by atoms with Crippen LogP contribution in [0.5, 0.6) is 5.75 Å². The zero-order valence-corrected chi connectivity index (χ0v) is 16.7. The first kappa shape index (κ1) is 16.7. The van der Waals surface area contributed by atoms with E-state index in [0.717, 1.165) is 21.9 Å². The lowest BCUT2D eigenvalue weighted by Gasteiger charge is -2.30. The van der Waals surface area contributed by atoms with Gasteiger partial charge in [-0.2, -0.15) is 0 Å². The number of aromatic hydroxyl groups is 1. The Morgan fingerprint density at radius 3 is 2.44 bits per heavy atom. The molecule has 2 nitrogen and oxygen atoms in total. The van der Waals surface area contributed by atoms with E-state index in [1.807, 2.05) is 48.5 Å². The highest BCUT2D eigenvalue weighted by Gasteiger charge is 2.33. The van der Waals surface area contributed by atoms with E-state index in [1.165, 1.54) is 0 Å². The fraction of sp³-hybridized carbons (Fsp3) is 0.143. The van der Waals surface area contributed by atoms with Gasteiger partial charge in [0.25, 0.3) is 0 Å². The van der Waals surface area contributed by atoms with Gasteiger partial charge >= 0.3 is 0 Å². The van der Waals surface area contributed by atoms with Gasteiger partial charge in [-0.3, -0.25) is 0 Å². The van der Waals surface area contributed by atoms with E-state index in [0.29, 0.717) is 15.6 Å². The topological polar surface area (TPSA) is 40.5 Å². The van der Waals surface area contributed by atoms with Crippen molar-refractivity contribution in [3.63, 3.8) is 0 Å². The van der Waals surface area contributed by atoms with Crippen LogP contribution in [-0.2, 0) is 0 Å². The van der Waals surface area contributed by atoms with Gasteiger partial charge in [0, 0.05) is 17.1 Å². The Balaban J connectivity index is 2.14. The maximum absolute atomic E-state index is 11.0. The number of aliphatic hydroxyl groups excluding tert-OH is 1. The fourth-order valence-corrected chi connectivity index (χ4v) is 4.57. The molecule has 1 aliphatic rings. The van der Waals surface area contributed by atoms with Crippen molar-refractivity contribution in [2.24, 2.45) is 0 Å². The van der Waals surface area contributed by atoms with Crippen LogP contribution in [0.4, 0.5) is 0 Å². The van der Waals surface area contributed by atoms with Gasteiger partial charge in [0.2, 0.25) is 0 Å². The number of aliphatic hydroxyl groups is 1. The maximum Gasteiger partial charge on any atom is 0.138 e. The fourth-order valence-electron chi connectivity index (χ4n) is 3.61. The molecular weight excluding hydrogens is 444 g/mol. The van der Waals surface area contributed by atoms with Crippen LogP contribution in [-0.4, -0.2) is 15.0 Å². The van der Waals surface area contributed by atoms with Gasteiger partial charge in [0.05, 0.1) is 9.30 Å². The maximum atomic E-state index is 11.0. The van der Waals surface area contributed by atoms with E-state index >= 15 is 0 Å². The standard InChI is InChI=1S/C21H16Br2O2/c1-11-13-7-4-5-9-15(13)18(21(25)19(11)23)17-14-8-3-2-6-12(14)10-16(22)20(17)24/h2-11,19,24-25H,1H3. The number of fused-ring (bicyclic) bond motifs is 2. The van der Waals surface area contributed by atoms with Crippen LogP contribution in [0.3, 0.4) is 0 Å². The summed E-state index contributed by atoms with van der Waals surface area (Å²) in [5.41, 5.74) is 3.46. The molecular formula is C21H16Br2O2. The molecule has 0 aromatic heterocycles. The number of hydrogen-bond donors (Lipinski definition) is 2. The SMILES string of the molecule is CC1c2ccccc2C(c2c(O)c(Br)cc3ccccc23)=C(O)C1Br. The number of alkyl halides is 1. The molecule has 0 aliphatic heterocycles. The lowest BCUT2D eigenvalue weighted by molar-refractivity contribution is 0.384. The summed E-state index contributed by atoms with van der Waals surface area (Å²) in [7, 11) is 0. The lowest BCUT2D eigenvalue weighted by atomic mass is 9.79. The Bertz CT molecular complexity index is 1020. The van der Waals surface area contributed by atoms with Gasteiger partial charge < -0.3 is 10.2 Å². The first-order chi connectivity index (χ1) is 12.0. The molecule has 0 saturated carbocycles. The van der Waals surface area contributed by atoms with Crippen molar-refractivity contribution in [3.05, 3.63) is 81.5 Å². The molecule has 4 heteroatoms. The van der Waals surface area contributed by atoms with Crippen molar-refractivity contribution >= 4 is 48.2 Å². The van der Waals surface area contributed by atoms with Crippen molar-refractivity contribution in [2.75, 3.05) is 0 Å². The summed E-state index contributed by atoms with van der Waals surface area (Å²) in [6.45, 7) is 2.09. The summed E-state index contributed by atoms with van der Waals surface area (Å²) in [4.78, 5) is -0.199. The summed E-state index contributed by atoms with van der Waals surface area (Å²) in [6, 6.07) is 17.8. The molecule has 0 spiro atoms. The highest BCUT2D eigenvalue weighted by molar-refractivity contribution is 9.10. The molecule has 0 bridgehead atoms. The summed E-state index contributed by atoms with van der Waals surface area (Å²) in [6.07, 6.45) is 0. The first-order valence-corrected chi connectivity index (χ1v) is 9.78. The molecule has 126 valence electrons. The Morgan fingerprint density at radius 1 is 0.960 bits per heavy atom. The molecule has 25 heavy (non-hydrogen) atoms. The number of phenols is 1. The highest BCUT2D eigenvalue weighted by Crippen LogP contribution is 2.48. The van der Waals surface area contributed by atoms with Crippen LogP contribution < -0.4 is 0 Å². The van der Waals surface area contributed by atoms with Crippen LogP contribution in [0.25, 0.3) is 16.3 Å². The Morgan fingerprint density at radius 2 is 1.64 bits per heavy atom. The number of rotatable bonds is 1. The largest absolute Gasteiger partial charge is 0.510 e. The van der Waals surface area contributed by atoms with E-state index in [-0.39, 0.29) is 22.3 Å². The summed E-state index contributed by atoms with van der Waals surface area (Å²) in [5.74, 6) is 0.537. The number of benzene rings is 3. The molecule has 0 radical (unpaired) electrons. The average molecular weight is 460 g/mol. The summed E-state index contributed by atoms with van der Waals surface area (Å²) >= 11 is 7.09. The molecule has 4 rings (SSSR count). The van der Waals surface area contributed by atoms with Crippen molar-refractivity contribution < 1.29 is 10.2 Å². The minimum Gasteiger partial charge on any atom is -0.510 e. The first-order valence-electron chi connectivity index (χ1n) is 8.07. The van der Waals surface area contributed by atoms with Gasteiger partial charge in [-0.15, -0.1) is 0 Å². The minimum absolute atomic E-state index is 0.139. The zero-order chi connectivity index (χ0) is 17.7. The van der Waals surface area contributed by atoms with Crippen molar-refractivity contribution in [1.82, 2.24) is 0 Å². The normalized spacial score (nSPS) is 20.0.